The molecule has 0 fully saturated rings. The average molecular weight is 286 g/mol. The van der Waals surface area contributed by atoms with Crippen LogP contribution >= 0.6 is 15.9 Å². The highest BCUT2D eigenvalue weighted by Crippen LogP contribution is 2.13. The average Bonchev–Trinajstić information content (AvgIpc) is 2.27. The van der Waals surface area contributed by atoms with Gasteiger partial charge in [-0.05, 0) is 24.3 Å². The van der Waals surface area contributed by atoms with Gasteiger partial charge in [-0.2, -0.15) is 0 Å². The van der Waals surface area contributed by atoms with Gasteiger partial charge in [0.25, 0.3) is 5.91 Å². The Labute approximate surface area is 105 Å². The van der Waals surface area contributed by atoms with Gasteiger partial charge < -0.3 is 9.64 Å². The molecule has 88 valence electrons. The van der Waals surface area contributed by atoms with Crippen molar-refractivity contribution in [1.29, 1.82) is 0 Å². The number of hydrogen-bond donors (Lipinski definition) is 0. The molecule has 16 heavy (non-hydrogen) atoms. The molecule has 0 saturated heterocycles. The molecule has 1 aromatic carbocycles. The third kappa shape index (κ3) is 3.52. The Morgan fingerprint density at radius 1 is 1.44 bits per heavy atom. The molecule has 0 N–H and O–H groups in total. The first-order valence-corrected chi connectivity index (χ1v) is 5.99. The number of carbonyl (C=O) groups is 1. The van der Waals surface area contributed by atoms with E-state index in [1.165, 1.54) is 0 Å². The molecule has 0 spiro atoms. The standard InChI is InChI=1S/C12H16BrNO2/c1-9(13)8-14(2)12(15)10-4-6-11(16-3)7-5-10/h4-7,9H,8H2,1-3H3. The predicted octanol–water partition coefficient (Wildman–Crippen LogP) is 2.55. The number of carbonyl (C=O) groups excluding carboxylic acids is 1. The third-order valence-electron chi connectivity index (χ3n) is 2.21. The highest BCUT2D eigenvalue weighted by Gasteiger charge is 2.12. The summed E-state index contributed by atoms with van der Waals surface area (Å²) in [6, 6.07) is 7.13. The van der Waals surface area contributed by atoms with Crippen LogP contribution in [0, 0.1) is 0 Å². The van der Waals surface area contributed by atoms with Gasteiger partial charge in [0.1, 0.15) is 5.75 Å². The minimum absolute atomic E-state index is 0.0222. The van der Waals surface area contributed by atoms with Crippen LogP contribution in [0.1, 0.15) is 17.3 Å². The normalized spacial score (nSPS) is 12.0. The van der Waals surface area contributed by atoms with Crippen LogP contribution in [0.4, 0.5) is 0 Å². The summed E-state index contributed by atoms with van der Waals surface area (Å²) in [4.78, 5) is 13.9. The molecule has 0 radical (unpaired) electrons. The number of nitrogens with zero attached hydrogens (tertiary/aromatic N) is 1. The molecule has 0 aliphatic heterocycles. The van der Waals surface area contributed by atoms with Crippen molar-refractivity contribution in [2.45, 2.75) is 11.8 Å². The van der Waals surface area contributed by atoms with Crippen LogP contribution in [-0.2, 0) is 0 Å². The number of halogens is 1. The molecule has 0 aliphatic rings. The van der Waals surface area contributed by atoms with Gasteiger partial charge in [0.05, 0.1) is 7.11 Å². The van der Waals surface area contributed by atoms with E-state index in [1.54, 1.807) is 43.3 Å². The number of ether oxygens (including phenoxy) is 1. The van der Waals surface area contributed by atoms with E-state index < -0.39 is 0 Å². The number of alkyl halides is 1. The van der Waals surface area contributed by atoms with Gasteiger partial charge in [0, 0.05) is 24.0 Å². The van der Waals surface area contributed by atoms with E-state index in [0.29, 0.717) is 16.9 Å². The molecule has 0 heterocycles. The first kappa shape index (κ1) is 13.0. The fraction of sp³-hybridized carbons (Fsp3) is 0.417. The molecule has 0 aromatic heterocycles. The molecule has 4 heteroatoms. The van der Waals surface area contributed by atoms with Crippen molar-refractivity contribution < 1.29 is 9.53 Å². The highest BCUT2D eigenvalue weighted by atomic mass is 79.9. The largest absolute Gasteiger partial charge is 0.497 e. The molecule has 1 amide bonds. The van der Waals surface area contributed by atoms with Crippen LogP contribution in [-0.4, -0.2) is 36.3 Å². The van der Waals surface area contributed by atoms with Crippen molar-refractivity contribution in [3.05, 3.63) is 29.8 Å². The highest BCUT2D eigenvalue weighted by molar-refractivity contribution is 9.09. The topological polar surface area (TPSA) is 29.5 Å². The van der Waals surface area contributed by atoms with Crippen LogP contribution in [0.15, 0.2) is 24.3 Å². The second kappa shape index (κ2) is 5.89. The summed E-state index contributed by atoms with van der Waals surface area (Å²) in [5, 5.41) is 0. The molecule has 3 nitrogen and oxygen atoms in total. The van der Waals surface area contributed by atoms with Gasteiger partial charge >= 0.3 is 0 Å². The molecule has 1 unspecified atom stereocenters. The minimum atomic E-state index is 0.0222. The quantitative estimate of drug-likeness (QED) is 0.796. The summed E-state index contributed by atoms with van der Waals surface area (Å²) in [5.41, 5.74) is 0.677. The summed E-state index contributed by atoms with van der Waals surface area (Å²) in [5.74, 6) is 0.780. The Hall–Kier alpha value is -1.03. The van der Waals surface area contributed by atoms with Crippen molar-refractivity contribution in [3.8, 4) is 5.75 Å². The maximum absolute atomic E-state index is 11.9. The molecular formula is C12H16BrNO2. The van der Waals surface area contributed by atoms with Crippen LogP contribution < -0.4 is 4.74 Å². The van der Waals surface area contributed by atoms with Crippen molar-refractivity contribution in [2.75, 3.05) is 20.7 Å². The zero-order valence-electron chi connectivity index (χ0n) is 9.74. The van der Waals surface area contributed by atoms with Gasteiger partial charge in [-0.15, -0.1) is 0 Å². The lowest BCUT2D eigenvalue weighted by Gasteiger charge is -2.18. The van der Waals surface area contributed by atoms with Crippen molar-refractivity contribution in [1.82, 2.24) is 4.90 Å². The lowest BCUT2D eigenvalue weighted by atomic mass is 10.2. The molecule has 0 aliphatic carbocycles. The minimum Gasteiger partial charge on any atom is -0.497 e. The summed E-state index contributed by atoms with van der Waals surface area (Å²) in [6.07, 6.45) is 0. The van der Waals surface area contributed by atoms with E-state index in [4.69, 9.17) is 4.74 Å². The fourth-order valence-electron chi connectivity index (χ4n) is 1.41. The lowest BCUT2D eigenvalue weighted by molar-refractivity contribution is 0.0797. The van der Waals surface area contributed by atoms with Crippen molar-refractivity contribution >= 4 is 21.8 Å². The Bertz CT molecular complexity index is 349. The van der Waals surface area contributed by atoms with Crippen LogP contribution in [0.5, 0.6) is 5.75 Å². The second-order valence-electron chi connectivity index (χ2n) is 3.69. The molecule has 1 aromatic rings. The van der Waals surface area contributed by atoms with E-state index in [1.807, 2.05) is 6.92 Å². The number of methoxy groups -OCH3 is 1. The SMILES string of the molecule is COc1ccc(C(=O)N(C)CC(C)Br)cc1. The molecule has 0 bridgehead atoms. The predicted molar refractivity (Wildman–Crippen MR) is 68.3 cm³/mol. The van der Waals surface area contributed by atoms with Crippen molar-refractivity contribution in [3.63, 3.8) is 0 Å². The Morgan fingerprint density at radius 3 is 2.44 bits per heavy atom. The lowest BCUT2D eigenvalue weighted by Crippen LogP contribution is -2.31. The number of amides is 1. The number of rotatable bonds is 4. The van der Waals surface area contributed by atoms with Crippen LogP contribution in [0.3, 0.4) is 0 Å². The van der Waals surface area contributed by atoms with Crippen molar-refractivity contribution in [2.24, 2.45) is 0 Å². The smallest absolute Gasteiger partial charge is 0.253 e. The third-order valence-corrected chi connectivity index (χ3v) is 2.50. The molecule has 1 rings (SSSR count). The van der Waals surface area contributed by atoms with Gasteiger partial charge in [0.2, 0.25) is 0 Å². The maximum Gasteiger partial charge on any atom is 0.253 e. The van der Waals surface area contributed by atoms with Crippen LogP contribution in [0.2, 0.25) is 0 Å². The first-order chi connectivity index (χ1) is 7.54. The monoisotopic (exact) mass is 285 g/mol. The number of benzene rings is 1. The Balaban J connectivity index is 2.72. The van der Waals surface area contributed by atoms with Gasteiger partial charge in [-0.1, -0.05) is 22.9 Å². The zero-order valence-corrected chi connectivity index (χ0v) is 11.3. The first-order valence-electron chi connectivity index (χ1n) is 5.08. The van der Waals surface area contributed by atoms with E-state index >= 15 is 0 Å². The summed E-state index contributed by atoms with van der Waals surface area (Å²) in [7, 11) is 3.40. The molecule has 1 atom stereocenters. The maximum atomic E-state index is 11.9. The van der Waals surface area contributed by atoms with Gasteiger partial charge in [-0.3, -0.25) is 4.79 Å². The molecule has 0 saturated carbocycles. The summed E-state index contributed by atoms with van der Waals surface area (Å²) in [6.45, 7) is 2.70. The Kier molecular flexibility index (Phi) is 4.80. The van der Waals surface area contributed by atoms with E-state index in [2.05, 4.69) is 15.9 Å². The fourth-order valence-corrected chi connectivity index (χ4v) is 1.85. The summed E-state index contributed by atoms with van der Waals surface area (Å²) < 4.78 is 5.04. The van der Waals surface area contributed by atoms with Gasteiger partial charge in [0.15, 0.2) is 0 Å². The Morgan fingerprint density at radius 2 is 2.00 bits per heavy atom. The van der Waals surface area contributed by atoms with E-state index in [0.717, 1.165) is 5.75 Å². The van der Waals surface area contributed by atoms with Gasteiger partial charge in [-0.25, -0.2) is 0 Å². The molecular weight excluding hydrogens is 270 g/mol. The van der Waals surface area contributed by atoms with E-state index in [-0.39, 0.29) is 5.91 Å². The van der Waals surface area contributed by atoms with Crippen LogP contribution in [0.25, 0.3) is 0 Å². The number of hydrogen-bond acceptors (Lipinski definition) is 2. The zero-order chi connectivity index (χ0) is 12.1. The summed E-state index contributed by atoms with van der Waals surface area (Å²) >= 11 is 3.42. The van der Waals surface area contributed by atoms with E-state index in [9.17, 15) is 4.79 Å². The second-order valence-corrected chi connectivity index (χ2v) is 5.26.